The average molecular weight is 210 g/mol. The zero-order valence-corrected chi connectivity index (χ0v) is 10.1. The third-order valence-corrected chi connectivity index (χ3v) is 3.17. The number of benzene rings is 2. The van der Waals surface area contributed by atoms with Crippen molar-refractivity contribution >= 4 is 16.8 Å². The van der Waals surface area contributed by atoms with Crippen molar-refractivity contribution in [3.05, 3.63) is 53.6 Å². The molecule has 0 amide bonds. The molecule has 82 valence electrons. The van der Waals surface area contributed by atoms with Gasteiger partial charge in [0, 0.05) is 0 Å². The molecule has 0 fully saturated rings. The molecule has 0 heteroatoms. The molecule has 0 radical (unpaired) electrons. The minimum Gasteiger partial charge on any atom is -0.0985 e. The summed E-state index contributed by atoms with van der Waals surface area (Å²) in [5.41, 5.74) is 4.05. The number of fused-ring (bicyclic) bond motifs is 1. The van der Waals surface area contributed by atoms with E-state index in [-0.39, 0.29) is 0 Å². The van der Waals surface area contributed by atoms with E-state index in [9.17, 15) is 0 Å². The van der Waals surface area contributed by atoms with E-state index in [4.69, 9.17) is 0 Å². The molecular weight excluding hydrogens is 192 g/mol. The molecular formula is C16H18. The van der Waals surface area contributed by atoms with Gasteiger partial charge in [0.1, 0.15) is 0 Å². The van der Waals surface area contributed by atoms with Crippen LogP contribution in [0.1, 0.15) is 30.5 Å². The largest absolute Gasteiger partial charge is 0.0985 e. The SMILES string of the molecule is C=Cc1cc2ccc(CC)cc2cc1CC. The van der Waals surface area contributed by atoms with Gasteiger partial charge in [-0.25, -0.2) is 0 Å². The molecule has 0 unspecified atom stereocenters. The lowest BCUT2D eigenvalue weighted by Crippen LogP contribution is -1.88. The number of hydrogen-bond donors (Lipinski definition) is 0. The van der Waals surface area contributed by atoms with Gasteiger partial charge in [-0.3, -0.25) is 0 Å². The first kappa shape index (κ1) is 10.9. The Balaban J connectivity index is 2.68. The van der Waals surface area contributed by atoms with Gasteiger partial charge < -0.3 is 0 Å². The third-order valence-electron chi connectivity index (χ3n) is 3.17. The highest BCUT2D eigenvalue weighted by Crippen LogP contribution is 2.23. The molecule has 0 N–H and O–H groups in total. The van der Waals surface area contributed by atoms with E-state index < -0.39 is 0 Å². The van der Waals surface area contributed by atoms with Crippen LogP contribution < -0.4 is 0 Å². The van der Waals surface area contributed by atoms with Crippen molar-refractivity contribution in [2.45, 2.75) is 26.7 Å². The first-order chi connectivity index (χ1) is 7.78. The average Bonchev–Trinajstić information content (AvgIpc) is 2.36. The number of aryl methyl sites for hydroxylation is 2. The van der Waals surface area contributed by atoms with Crippen molar-refractivity contribution in [2.24, 2.45) is 0 Å². The van der Waals surface area contributed by atoms with Gasteiger partial charge in [-0.2, -0.15) is 0 Å². The van der Waals surface area contributed by atoms with Crippen LogP contribution in [0.4, 0.5) is 0 Å². The maximum absolute atomic E-state index is 3.88. The zero-order chi connectivity index (χ0) is 11.5. The van der Waals surface area contributed by atoms with Crippen LogP contribution >= 0.6 is 0 Å². The van der Waals surface area contributed by atoms with E-state index in [0.29, 0.717) is 0 Å². The lowest BCUT2D eigenvalue weighted by atomic mass is 9.97. The smallest absolute Gasteiger partial charge is 0.0178 e. The van der Waals surface area contributed by atoms with Crippen molar-refractivity contribution in [3.63, 3.8) is 0 Å². The summed E-state index contributed by atoms with van der Waals surface area (Å²) in [7, 11) is 0. The van der Waals surface area contributed by atoms with Crippen LogP contribution in [0.2, 0.25) is 0 Å². The second-order valence-electron chi connectivity index (χ2n) is 4.14. The maximum atomic E-state index is 3.88. The highest BCUT2D eigenvalue weighted by atomic mass is 14.1. The Morgan fingerprint density at radius 2 is 1.81 bits per heavy atom. The first-order valence-corrected chi connectivity index (χ1v) is 5.96. The molecule has 2 rings (SSSR count). The van der Waals surface area contributed by atoms with E-state index in [1.165, 1.54) is 27.5 Å². The molecule has 0 saturated carbocycles. The van der Waals surface area contributed by atoms with Crippen LogP contribution in [0.25, 0.3) is 16.8 Å². The molecule has 2 aromatic carbocycles. The first-order valence-electron chi connectivity index (χ1n) is 5.96. The number of rotatable bonds is 3. The normalized spacial score (nSPS) is 10.6. The summed E-state index contributed by atoms with van der Waals surface area (Å²) in [4.78, 5) is 0. The Morgan fingerprint density at radius 3 is 2.44 bits per heavy atom. The van der Waals surface area contributed by atoms with E-state index >= 15 is 0 Å². The summed E-state index contributed by atoms with van der Waals surface area (Å²) in [6.45, 7) is 8.27. The fourth-order valence-electron chi connectivity index (χ4n) is 2.13. The maximum Gasteiger partial charge on any atom is -0.0178 e. The topological polar surface area (TPSA) is 0 Å². The monoisotopic (exact) mass is 210 g/mol. The summed E-state index contributed by atoms with van der Waals surface area (Å²) in [6.07, 6.45) is 4.11. The van der Waals surface area contributed by atoms with Crippen molar-refractivity contribution in [2.75, 3.05) is 0 Å². The van der Waals surface area contributed by atoms with Crippen LogP contribution in [-0.2, 0) is 12.8 Å². The second kappa shape index (κ2) is 4.52. The summed E-state index contributed by atoms with van der Waals surface area (Å²) in [6, 6.07) is 11.2. The molecule has 0 atom stereocenters. The summed E-state index contributed by atoms with van der Waals surface area (Å²) < 4.78 is 0. The predicted octanol–water partition coefficient (Wildman–Crippen LogP) is 4.61. The van der Waals surface area contributed by atoms with E-state index in [1.807, 2.05) is 6.08 Å². The Labute approximate surface area is 97.6 Å². The summed E-state index contributed by atoms with van der Waals surface area (Å²) >= 11 is 0. The Hall–Kier alpha value is -1.56. The Morgan fingerprint density at radius 1 is 1.00 bits per heavy atom. The van der Waals surface area contributed by atoms with Gasteiger partial charge >= 0.3 is 0 Å². The Bertz CT molecular complexity index is 521. The minimum absolute atomic E-state index is 1.06. The fraction of sp³-hybridized carbons (Fsp3) is 0.250. The van der Waals surface area contributed by atoms with Gasteiger partial charge in [-0.05, 0) is 46.4 Å². The lowest BCUT2D eigenvalue weighted by molar-refractivity contribution is 1.13. The van der Waals surface area contributed by atoms with Crippen LogP contribution in [0.5, 0.6) is 0 Å². The van der Waals surface area contributed by atoms with E-state index in [0.717, 1.165) is 12.8 Å². The van der Waals surface area contributed by atoms with Crippen molar-refractivity contribution in [1.29, 1.82) is 0 Å². The zero-order valence-electron chi connectivity index (χ0n) is 10.1. The van der Waals surface area contributed by atoms with Crippen LogP contribution in [0, 0.1) is 0 Å². The molecule has 0 bridgehead atoms. The summed E-state index contributed by atoms with van der Waals surface area (Å²) in [5, 5.41) is 2.66. The van der Waals surface area contributed by atoms with Gasteiger partial charge in [-0.1, -0.05) is 50.8 Å². The van der Waals surface area contributed by atoms with Crippen molar-refractivity contribution in [1.82, 2.24) is 0 Å². The quantitative estimate of drug-likeness (QED) is 0.694. The molecule has 16 heavy (non-hydrogen) atoms. The van der Waals surface area contributed by atoms with Crippen LogP contribution in [0.15, 0.2) is 36.9 Å². The lowest BCUT2D eigenvalue weighted by Gasteiger charge is -2.08. The van der Waals surface area contributed by atoms with Gasteiger partial charge in [0.25, 0.3) is 0 Å². The van der Waals surface area contributed by atoms with Gasteiger partial charge in [0.15, 0.2) is 0 Å². The molecule has 0 heterocycles. The number of hydrogen-bond acceptors (Lipinski definition) is 0. The van der Waals surface area contributed by atoms with Gasteiger partial charge in [-0.15, -0.1) is 0 Å². The molecule has 0 aromatic heterocycles. The molecule has 0 spiro atoms. The van der Waals surface area contributed by atoms with Gasteiger partial charge in [0.2, 0.25) is 0 Å². The molecule has 0 aliphatic rings. The molecule has 2 aromatic rings. The van der Waals surface area contributed by atoms with Crippen molar-refractivity contribution in [3.8, 4) is 0 Å². The standard InChI is InChI=1S/C16H18/c1-4-12-7-8-15-10-13(5-2)14(6-3)11-16(15)9-12/h5,7-11H,2,4,6H2,1,3H3. The van der Waals surface area contributed by atoms with Crippen molar-refractivity contribution < 1.29 is 0 Å². The summed E-state index contributed by atoms with van der Waals surface area (Å²) in [5.74, 6) is 0. The minimum atomic E-state index is 1.06. The fourth-order valence-corrected chi connectivity index (χ4v) is 2.13. The molecule has 0 aliphatic carbocycles. The van der Waals surface area contributed by atoms with E-state index in [1.54, 1.807) is 0 Å². The molecule has 0 aliphatic heterocycles. The molecule has 0 saturated heterocycles. The van der Waals surface area contributed by atoms with Crippen LogP contribution in [0.3, 0.4) is 0 Å². The third kappa shape index (κ3) is 1.88. The second-order valence-corrected chi connectivity index (χ2v) is 4.14. The van der Waals surface area contributed by atoms with E-state index in [2.05, 4.69) is 50.8 Å². The molecule has 0 nitrogen and oxygen atoms in total. The van der Waals surface area contributed by atoms with Gasteiger partial charge in [0.05, 0.1) is 0 Å². The highest BCUT2D eigenvalue weighted by molar-refractivity contribution is 5.86. The predicted molar refractivity (Wildman–Crippen MR) is 72.8 cm³/mol. The highest BCUT2D eigenvalue weighted by Gasteiger charge is 2.01. The Kier molecular flexibility index (Phi) is 3.09. The van der Waals surface area contributed by atoms with Crippen LogP contribution in [-0.4, -0.2) is 0 Å².